The second-order valence-electron chi connectivity index (χ2n) is 5.05. The Labute approximate surface area is 136 Å². The van der Waals surface area contributed by atoms with E-state index in [1.54, 1.807) is 24.3 Å². The first-order chi connectivity index (χ1) is 11.3. The van der Waals surface area contributed by atoms with Gasteiger partial charge in [0.05, 0.1) is 24.3 Å². The zero-order valence-electron chi connectivity index (χ0n) is 12.8. The van der Waals surface area contributed by atoms with E-state index in [4.69, 9.17) is 4.74 Å². The number of hydrogen-bond acceptors (Lipinski definition) is 3. The fourth-order valence-corrected chi connectivity index (χ4v) is 2.18. The zero-order chi connectivity index (χ0) is 17.7. The van der Waals surface area contributed by atoms with Gasteiger partial charge in [-0.3, -0.25) is 4.79 Å². The maximum atomic E-state index is 12.9. The first-order valence-electron chi connectivity index (χ1n) is 7.09. The highest BCUT2D eigenvalue weighted by molar-refractivity contribution is 5.95. The molecule has 0 bridgehead atoms. The van der Waals surface area contributed by atoms with Crippen molar-refractivity contribution in [2.24, 2.45) is 0 Å². The molecule has 24 heavy (non-hydrogen) atoms. The monoisotopic (exact) mass is 339 g/mol. The molecule has 0 spiro atoms. The average molecular weight is 339 g/mol. The lowest BCUT2D eigenvalue weighted by Crippen LogP contribution is -2.30. The SMILES string of the molecule is COc1cccc(C(O)CNC(=O)c2ccccc2C(F)(F)F)c1. The number of rotatable bonds is 5. The van der Waals surface area contributed by atoms with E-state index in [0.29, 0.717) is 11.3 Å². The Balaban J connectivity index is 2.08. The van der Waals surface area contributed by atoms with Gasteiger partial charge in [0, 0.05) is 6.54 Å². The van der Waals surface area contributed by atoms with Crippen LogP contribution in [-0.4, -0.2) is 24.7 Å². The molecule has 0 saturated heterocycles. The van der Waals surface area contributed by atoms with Crippen LogP contribution >= 0.6 is 0 Å². The Bertz CT molecular complexity index is 716. The van der Waals surface area contributed by atoms with E-state index in [-0.39, 0.29) is 6.54 Å². The van der Waals surface area contributed by atoms with Gasteiger partial charge in [0.2, 0.25) is 0 Å². The smallest absolute Gasteiger partial charge is 0.417 e. The number of carbonyl (C=O) groups excluding carboxylic acids is 1. The molecule has 1 amide bonds. The summed E-state index contributed by atoms with van der Waals surface area (Å²) in [6.45, 7) is -0.224. The molecule has 0 aliphatic heterocycles. The third kappa shape index (κ3) is 4.26. The molecule has 2 N–H and O–H groups in total. The molecule has 0 heterocycles. The van der Waals surface area contributed by atoms with Gasteiger partial charge in [0.1, 0.15) is 5.75 Å². The number of amides is 1. The fraction of sp³-hybridized carbons (Fsp3) is 0.235. The fourth-order valence-electron chi connectivity index (χ4n) is 2.18. The van der Waals surface area contributed by atoms with Crippen molar-refractivity contribution in [1.29, 1.82) is 0 Å². The highest BCUT2D eigenvalue weighted by Gasteiger charge is 2.34. The summed E-state index contributed by atoms with van der Waals surface area (Å²) in [5.41, 5.74) is -1.01. The molecule has 0 radical (unpaired) electrons. The summed E-state index contributed by atoms with van der Waals surface area (Å²) in [6.07, 6.45) is -5.69. The van der Waals surface area contributed by atoms with Crippen molar-refractivity contribution in [3.63, 3.8) is 0 Å². The van der Waals surface area contributed by atoms with Crippen molar-refractivity contribution in [3.8, 4) is 5.75 Å². The summed E-state index contributed by atoms with van der Waals surface area (Å²) in [5.74, 6) is -0.370. The number of aliphatic hydroxyl groups is 1. The van der Waals surface area contributed by atoms with Gasteiger partial charge in [-0.1, -0.05) is 24.3 Å². The molecule has 0 aliphatic carbocycles. The molecule has 4 nitrogen and oxygen atoms in total. The quantitative estimate of drug-likeness (QED) is 0.880. The summed E-state index contributed by atoms with van der Waals surface area (Å²) in [6, 6.07) is 11.1. The van der Waals surface area contributed by atoms with Crippen LogP contribution < -0.4 is 10.1 Å². The third-order valence-corrected chi connectivity index (χ3v) is 3.41. The van der Waals surface area contributed by atoms with Crippen LogP contribution in [0.3, 0.4) is 0 Å². The molecule has 2 aromatic carbocycles. The van der Waals surface area contributed by atoms with E-state index >= 15 is 0 Å². The standard InChI is InChI=1S/C17H16F3NO3/c1-24-12-6-4-5-11(9-12)15(22)10-21-16(23)13-7-2-3-8-14(13)17(18,19)20/h2-9,15,22H,10H2,1H3,(H,21,23). The Morgan fingerprint density at radius 1 is 1.21 bits per heavy atom. The number of carbonyl (C=O) groups is 1. The molecule has 2 rings (SSSR count). The zero-order valence-corrected chi connectivity index (χ0v) is 12.8. The normalized spacial score (nSPS) is 12.5. The summed E-state index contributed by atoms with van der Waals surface area (Å²) in [7, 11) is 1.47. The van der Waals surface area contributed by atoms with Gasteiger partial charge in [0.15, 0.2) is 0 Å². The number of nitrogens with one attached hydrogen (secondary N) is 1. The van der Waals surface area contributed by atoms with Crippen LogP contribution in [0.1, 0.15) is 27.6 Å². The van der Waals surface area contributed by atoms with E-state index in [1.807, 2.05) is 0 Å². The van der Waals surface area contributed by atoms with Crippen molar-refractivity contribution < 1.29 is 27.8 Å². The van der Waals surface area contributed by atoms with Gasteiger partial charge >= 0.3 is 6.18 Å². The lowest BCUT2D eigenvalue weighted by Gasteiger charge is -2.15. The van der Waals surface area contributed by atoms with Gasteiger partial charge in [-0.15, -0.1) is 0 Å². The van der Waals surface area contributed by atoms with Crippen LogP contribution in [0.25, 0.3) is 0 Å². The molecule has 0 saturated carbocycles. The predicted molar refractivity (Wildman–Crippen MR) is 81.7 cm³/mol. The first-order valence-corrected chi connectivity index (χ1v) is 7.09. The van der Waals surface area contributed by atoms with Crippen LogP contribution in [0, 0.1) is 0 Å². The Morgan fingerprint density at radius 2 is 1.92 bits per heavy atom. The molecule has 7 heteroatoms. The van der Waals surface area contributed by atoms with Crippen molar-refractivity contribution in [2.45, 2.75) is 12.3 Å². The molecule has 0 aromatic heterocycles. The highest BCUT2D eigenvalue weighted by atomic mass is 19.4. The minimum Gasteiger partial charge on any atom is -0.497 e. The number of ether oxygens (including phenoxy) is 1. The van der Waals surface area contributed by atoms with E-state index in [1.165, 1.54) is 19.2 Å². The molecule has 128 valence electrons. The lowest BCUT2D eigenvalue weighted by molar-refractivity contribution is -0.137. The summed E-state index contributed by atoms with van der Waals surface area (Å²) in [5, 5.41) is 12.4. The van der Waals surface area contributed by atoms with Gasteiger partial charge in [-0.2, -0.15) is 13.2 Å². The van der Waals surface area contributed by atoms with E-state index in [0.717, 1.165) is 12.1 Å². The predicted octanol–water partition coefficient (Wildman–Crippen LogP) is 3.18. The molecular formula is C17H16F3NO3. The summed E-state index contributed by atoms with van der Waals surface area (Å²) >= 11 is 0. The van der Waals surface area contributed by atoms with Crippen LogP contribution in [-0.2, 0) is 6.18 Å². The van der Waals surface area contributed by atoms with Gasteiger partial charge in [-0.05, 0) is 29.8 Å². The molecule has 2 aromatic rings. The second kappa shape index (κ2) is 7.35. The number of hydrogen-bond donors (Lipinski definition) is 2. The van der Waals surface area contributed by atoms with Crippen LogP contribution in [0.2, 0.25) is 0 Å². The van der Waals surface area contributed by atoms with Crippen LogP contribution in [0.5, 0.6) is 5.75 Å². The van der Waals surface area contributed by atoms with Crippen molar-refractivity contribution in [2.75, 3.05) is 13.7 Å². The number of alkyl halides is 3. The molecular weight excluding hydrogens is 323 g/mol. The molecule has 0 fully saturated rings. The summed E-state index contributed by atoms with van der Waals surface area (Å²) < 4.78 is 43.8. The van der Waals surface area contributed by atoms with Crippen molar-refractivity contribution in [1.82, 2.24) is 5.32 Å². The summed E-state index contributed by atoms with van der Waals surface area (Å²) in [4.78, 5) is 12.0. The average Bonchev–Trinajstić information content (AvgIpc) is 2.58. The number of halogens is 3. The van der Waals surface area contributed by atoms with Crippen molar-refractivity contribution >= 4 is 5.91 Å². The highest BCUT2D eigenvalue weighted by Crippen LogP contribution is 2.31. The second-order valence-corrected chi connectivity index (χ2v) is 5.05. The van der Waals surface area contributed by atoms with E-state index in [9.17, 15) is 23.1 Å². The number of benzene rings is 2. The van der Waals surface area contributed by atoms with E-state index < -0.39 is 29.3 Å². The molecule has 1 atom stereocenters. The minimum atomic E-state index is -4.63. The topological polar surface area (TPSA) is 58.6 Å². The maximum Gasteiger partial charge on any atom is 0.417 e. The minimum absolute atomic E-state index is 0.224. The Kier molecular flexibility index (Phi) is 5.46. The Morgan fingerprint density at radius 3 is 2.58 bits per heavy atom. The lowest BCUT2D eigenvalue weighted by atomic mass is 10.1. The first kappa shape index (κ1) is 17.8. The molecule has 1 unspecified atom stereocenters. The third-order valence-electron chi connectivity index (χ3n) is 3.41. The molecule has 0 aliphatic rings. The van der Waals surface area contributed by atoms with Crippen molar-refractivity contribution in [3.05, 3.63) is 65.2 Å². The van der Waals surface area contributed by atoms with E-state index in [2.05, 4.69) is 5.32 Å². The van der Waals surface area contributed by atoms with Gasteiger partial charge in [0.25, 0.3) is 5.91 Å². The number of methoxy groups -OCH3 is 1. The largest absolute Gasteiger partial charge is 0.497 e. The number of aliphatic hydroxyl groups excluding tert-OH is 1. The maximum absolute atomic E-state index is 12.9. The van der Waals surface area contributed by atoms with Crippen LogP contribution in [0.4, 0.5) is 13.2 Å². The van der Waals surface area contributed by atoms with Gasteiger partial charge in [-0.25, -0.2) is 0 Å². The van der Waals surface area contributed by atoms with Gasteiger partial charge < -0.3 is 15.2 Å². The Hall–Kier alpha value is -2.54. The van der Waals surface area contributed by atoms with Crippen LogP contribution in [0.15, 0.2) is 48.5 Å².